The quantitative estimate of drug-likeness (QED) is 0.874. The number of rotatable bonds is 5. The van der Waals surface area contributed by atoms with E-state index in [0.29, 0.717) is 24.7 Å². The molecular weight excluding hydrogens is 328 g/mol. The van der Waals surface area contributed by atoms with Crippen molar-refractivity contribution in [3.05, 3.63) is 11.7 Å². The molecule has 7 heteroatoms. The molecule has 1 aromatic heterocycles. The van der Waals surface area contributed by atoms with Crippen LogP contribution in [0.4, 0.5) is 0 Å². The standard InChI is InChI=1S/C17H30N4O2.ClH/c1-12(18)13-8-10-21(11-9-13)15(22)7-5-6-14-19-16(20-23-14)17(2,3)4;/h12-13H,5-11,18H2,1-4H3;1H. The molecule has 2 N–H and O–H groups in total. The first-order valence-corrected chi connectivity index (χ1v) is 8.64. The normalized spacial score (nSPS) is 17.5. The van der Waals surface area contributed by atoms with Gasteiger partial charge in [0.15, 0.2) is 5.82 Å². The Labute approximate surface area is 150 Å². The molecular formula is C17H31ClN4O2. The van der Waals surface area contributed by atoms with Crippen molar-refractivity contribution in [2.75, 3.05) is 13.1 Å². The Bertz CT molecular complexity index is 517. The fraction of sp³-hybridized carbons (Fsp3) is 0.824. The summed E-state index contributed by atoms with van der Waals surface area (Å²) in [4.78, 5) is 18.6. The molecule has 0 spiro atoms. The van der Waals surface area contributed by atoms with Crippen molar-refractivity contribution < 1.29 is 9.32 Å². The average molecular weight is 359 g/mol. The highest BCUT2D eigenvalue weighted by Gasteiger charge is 2.25. The SMILES string of the molecule is CC(N)C1CCN(C(=O)CCCc2nc(C(C)(C)C)no2)CC1.Cl. The van der Waals surface area contributed by atoms with Crippen molar-refractivity contribution >= 4 is 18.3 Å². The zero-order chi connectivity index (χ0) is 17.0. The lowest BCUT2D eigenvalue weighted by molar-refractivity contribution is -0.132. The number of aryl methyl sites for hydroxylation is 1. The second-order valence-electron chi connectivity index (χ2n) is 7.69. The van der Waals surface area contributed by atoms with Gasteiger partial charge < -0.3 is 15.2 Å². The van der Waals surface area contributed by atoms with E-state index in [0.717, 1.165) is 38.2 Å². The van der Waals surface area contributed by atoms with Crippen LogP contribution in [-0.2, 0) is 16.6 Å². The topological polar surface area (TPSA) is 85.2 Å². The minimum atomic E-state index is -0.109. The first-order chi connectivity index (χ1) is 10.8. The van der Waals surface area contributed by atoms with Gasteiger partial charge in [0.1, 0.15) is 0 Å². The van der Waals surface area contributed by atoms with Crippen molar-refractivity contribution in [3.8, 4) is 0 Å². The number of nitrogens with zero attached hydrogens (tertiary/aromatic N) is 3. The Kier molecular flexibility index (Phi) is 7.67. The van der Waals surface area contributed by atoms with Crippen LogP contribution in [0.3, 0.4) is 0 Å². The van der Waals surface area contributed by atoms with Crippen LogP contribution in [0.5, 0.6) is 0 Å². The number of hydrogen-bond donors (Lipinski definition) is 1. The highest BCUT2D eigenvalue weighted by atomic mass is 35.5. The maximum absolute atomic E-state index is 12.3. The van der Waals surface area contributed by atoms with E-state index in [1.54, 1.807) is 0 Å². The third-order valence-corrected chi connectivity index (χ3v) is 4.56. The summed E-state index contributed by atoms with van der Waals surface area (Å²) in [5.41, 5.74) is 5.83. The van der Waals surface area contributed by atoms with Gasteiger partial charge in [0.05, 0.1) is 0 Å². The number of carbonyl (C=O) groups is 1. The number of hydrogen-bond acceptors (Lipinski definition) is 5. The molecule has 0 saturated carbocycles. The summed E-state index contributed by atoms with van der Waals surface area (Å²) in [5, 5.41) is 4.01. The predicted octanol–water partition coefficient (Wildman–Crippen LogP) is 2.70. The van der Waals surface area contributed by atoms with Crippen molar-refractivity contribution in [1.29, 1.82) is 0 Å². The Morgan fingerprint density at radius 3 is 2.50 bits per heavy atom. The molecule has 0 radical (unpaired) electrons. The number of aromatic nitrogens is 2. The molecule has 1 fully saturated rings. The van der Waals surface area contributed by atoms with Crippen LogP contribution in [-0.4, -0.2) is 40.1 Å². The number of nitrogens with two attached hydrogens (primary N) is 1. The number of halogens is 1. The first-order valence-electron chi connectivity index (χ1n) is 8.64. The summed E-state index contributed by atoms with van der Waals surface area (Å²) in [6, 6.07) is 0.224. The summed E-state index contributed by atoms with van der Waals surface area (Å²) >= 11 is 0. The Balaban J connectivity index is 0.00000288. The molecule has 1 atom stereocenters. The minimum absolute atomic E-state index is 0. The molecule has 0 aliphatic carbocycles. The van der Waals surface area contributed by atoms with Crippen molar-refractivity contribution in [2.24, 2.45) is 11.7 Å². The molecule has 24 heavy (non-hydrogen) atoms. The molecule has 2 heterocycles. The van der Waals surface area contributed by atoms with Gasteiger partial charge in [-0.3, -0.25) is 4.79 Å². The lowest BCUT2D eigenvalue weighted by Gasteiger charge is -2.33. The zero-order valence-electron chi connectivity index (χ0n) is 15.2. The van der Waals surface area contributed by atoms with Crippen LogP contribution >= 0.6 is 12.4 Å². The Morgan fingerprint density at radius 1 is 1.38 bits per heavy atom. The third-order valence-electron chi connectivity index (χ3n) is 4.56. The minimum Gasteiger partial charge on any atom is -0.343 e. The summed E-state index contributed by atoms with van der Waals surface area (Å²) < 4.78 is 5.26. The van der Waals surface area contributed by atoms with E-state index in [9.17, 15) is 4.79 Å². The maximum Gasteiger partial charge on any atom is 0.226 e. The number of likely N-dealkylation sites (tertiary alicyclic amines) is 1. The molecule has 1 aromatic rings. The van der Waals surface area contributed by atoms with Gasteiger partial charge in [-0.1, -0.05) is 25.9 Å². The largest absolute Gasteiger partial charge is 0.343 e. The molecule has 138 valence electrons. The van der Waals surface area contributed by atoms with Crippen LogP contribution in [0.15, 0.2) is 4.52 Å². The Hall–Kier alpha value is -1.14. The van der Waals surface area contributed by atoms with E-state index in [1.807, 2.05) is 4.90 Å². The summed E-state index contributed by atoms with van der Waals surface area (Å²) in [6.07, 6.45) is 3.98. The van der Waals surface area contributed by atoms with Crippen LogP contribution in [0.25, 0.3) is 0 Å². The average Bonchev–Trinajstić information content (AvgIpc) is 2.96. The van der Waals surface area contributed by atoms with E-state index in [-0.39, 0.29) is 29.8 Å². The predicted molar refractivity (Wildman–Crippen MR) is 96.1 cm³/mol. The second-order valence-corrected chi connectivity index (χ2v) is 7.69. The lowest BCUT2D eigenvalue weighted by Crippen LogP contribution is -2.42. The van der Waals surface area contributed by atoms with Crippen LogP contribution in [0.2, 0.25) is 0 Å². The van der Waals surface area contributed by atoms with E-state index < -0.39 is 0 Å². The van der Waals surface area contributed by atoms with Crippen LogP contribution in [0, 0.1) is 5.92 Å². The summed E-state index contributed by atoms with van der Waals surface area (Å²) in [5.74, 6) is 2.12. The van der Waals surface area contributed by atoms with Gasteiger partial charge in [-0.15, -0.1) is 12.4 Å². The molecule has 1 aliphatic rings. The van der Waals surface area contributed by atoms with Gasteiger partial charge in [-0.25, -0.2) is 0 Å². The molecule has 1 amide bonds. The molecule has 6 nitrogen and oxygen atoms in total. The van der Waals surface area contributed by atoms with Crippen molar-refractivity contribution in [3.63, 3.8) is 0 Å². The molecule has 1 unspecified atom stereocenters. The van der Waals surface area contributed by atoms with E-state index in [1.165, 1.54) is 0 Å². The molecule has 0 aromatic carbocycles. The van der Waals surface area contributed by atoms with E-state index >= 15 is 0 Å². The molecule has 2 rings (SSSR count). The lowest BCUT2D eigenvalue weighted by atomic mass is 9.91. The fourth-order valence-corrected chi connectivity index (χ4v) is 2.88. The molecule has 1 saturated heterocycles. The van der Waals surface area contributed by atoms with Gasteiger partial charge in [0.25, 0.3) is 0 Å². The van der Waals surface area contributed by atoms with Gasteiger partial charge in [0, 0.05) is 37.4 Å². The Morgan fingerprint density at radius 2 is 2.00 bits per heavy atom. The summed E-state index contributed by atoms with van der Waals surface area (Å²) in [6.45, 7) is 9.88. The zero-order valence-corrected chi connectivity index (χ0v) is 16.1. The van der Waals surface area contributed by atoms with E-state index in [2.05, 4.69) is 37.8 Å². The summed E-state index contributed by atoms with van der Waals surface area (Å²) in [7, 11) is 0. The van der Waals surface area contributed by atoms with Crippen LogP contribution < -0.4 is 5.73 Å². The monoisotopic (exact) mass is 358 g/mol. The number of amides is 1. The van der Waals surface area contributed by atoms with Gasteiger partial charge in [-0.2, -0.15) is 4.98 Å². The van der Waals surface area contributed by atoms with Crippen molar-refractivity contribution in [2.45, 2.75) is 71.3 Å². The second kappa shape index (κ2) is 8.81. The van der Waals surface area contributed by atoms with Gasteiger partial charge in [-0.05, 0) is 32.1 Å². The van der Waals surface area contributed by atoms with Crippen LogP contribution in [0.1, 0.15) is 65.1 Å². The van der Waals surface area contributed by atoms with Crippen molar-refractivity contribution in [1.82, 2.24) is 15.0 Å². The highest BCUT2D eigenvalue weighted by Crippen LogP contribution is 2.21. The number of piperidine rings is 1. The molecule has 1 aliphatic heterocycles. The fourth-order valence-electron chi connectivity index (χ4n) is 2.88. The third kappa shape index (κ3) is 5.74. The molecule has 0 bridgehead atoms. The van der Waals surface area contributed by atoms with E-state index in [4.69, 9.17) is 10.3 Å². The first kappa shape index (κ1) is 20.9. The highest BCUT2D eigenvalue weighted by molar-refractivity contribution is 5.85. The smallest absolute Gasteiger partial charge is 0.226 e. The number of carbonyl (C=O) groups excluding carboxylic acids is 1. The maximum atomic E-state index is 12.3. The van der Waals surface area contributed by atoms with Gasteiger partial charge >= 0.3 is 0 Å². The van der Waals surface area contributed by atoms with Gasteiger partial charge in [0.2, 0.25) is 11.8 Å².